The molecule has 6 heteroatoms. The van der Waals surface area contributed by atoms with Gasteiger partial charge in [0.15, 0.2) is 0 Å². The Kier molecular flexibility index (Phi) is 3.87. The van der Waals surface area contributed by atoms with E-state index in [-0.39, 0.29) is 12.5 Å². The van der Waals surface area contributed by atoms with Crippen LogP contribution in [0.15, 0.2) is 22.0 Å². The van der Waals surface area contributed by atoms with Gasteiger partial charge in [0.1, 0.15) is 0 Å². The first-order chi connectivity index (χ1) is 8.29. The van der Waals surface area contributed by atoms with Crippen LogP contribution in [0, 0.1) is 0 Å². The number of hydrogen-bond acceptors (Lipinski definition) is 5. The number of nitrogens with one attached hydrogen (secondary N) is 1. The molecule has 0 bridgehead atoms. The van der Waals surface area contributed by atoms with Gasteiger partial charge in [-0.1, -0.05) is 18.1 Å². The molecule has 0 unspecified atom stereocenters. The van der Waals surface area contributed by atoms with Crippen LogP contribution in [0.4, 0.5) is 0 Å². The molecule has 17 heavy (non-hydrogen) atoms. The second kappa shape index (κ2) is 5.58. The normalized spacial score (nSPS) is 10.4. The fraction of sp³-hybridized carbons (Fsp3) is 0.364. The SMILES string of the molecule is CCCC(=O)NCc1nc(-c2cccs2)no1. The summed E-state index contributed by atoms with van der Waals surface area (Å²) in [6, 6.07) is 3.86. The van der Waals surface area contributed by atoms with E-state index in [1.54, 1.807) is 11.3 Å². The van der Waals surface area contributed by atoms with Crippen LogP contribution in [0.1, 0.15) is 25.7 Å². The molecule has 0 saturated carbocycles. The molecule has 0 aliphatic rings. The van der Waals surface area contributed by atoms with Crippen LogP contribution in [-0.2, 0) is 11.3 Å². The summed E-state index contributed by atoms with van der Waals surface area (Å²) >= 11 is 1.55. The van der Waals surface area contributed by atoms with Crippen LogP contribution in [-0.4, -0.2) is 16.0 Å². The van der Waals surface area contributed by atoms with Crippen molar-refractivity contribution in [3.05, 3.63) is 23.4 Å². The van der Waals surface area contributed by atoms with Crippen molar-refractivity contribution in [2.45, 2.75) is 26.3 Å². The maximum Gasteiger partial charge on any atom is 0.246 e. The van der Waals surface area contributed by atoms with Crippen molar-refractivity contribution in [3.8, 4) is 10.7 Å². The van der Waals surface area contributed by atoms with E-state index in [1.165, 1.54) is 0 Å². The fourth-order valence-corrected chi connectivity index (χ4v) is 1.97. The van der Waals surface area contributed by atoms with Crippen LogP contribution in [0.25, 0.3) is 10.7 Å². The summed E-state index contributed by atoms with van der Waals surface area (Å²) in [4.78, 5) is 16.4. The van der Waals surface area contributed by atoms with E-state index in [2.05, 4.69) is 15.5 Å². The number of amides is 1. The second-order valence-electron chi connectivity index (χ2n) is 3.52. The first-order valence-electron chi connectivity index (χ1n) is 5.42. The topological polar surface area (TPSA) is 68.0 Å². The lowest BCUT2D eigenvalue weighted by atomic mass is 10.3. The van der Waals surface area contributed by atoms with E-state index in [0.29, 0.717) is 18.1 Å². The van der Waals surface area contributed by atoms with Crippen LogP contribution >= 0.6 is 11.3 Å². The molecule has 0 aromatic carbocycles. The molecule has 2 rings (SSSR count). The van der Waals surface area contributed by atoms with Crippen molar-refractivity contribution < 1.29 is 9.32 Å². The highest BCUT2D eigenvalue weighted by Gasteiger charge is 2.09. The zero-order valence-corrected chi connectivity index (χ0v) is 10.3. The minimum Gasteiger partial charge on any atom is -0.347 e. The number of aromatic nitrogens is 2. The van der Waals surface area contributed by atoms with Crippen molar-refractivity contribution in [1.29, 1.82) is 0 Å². The summed E-state index contributed by atoms with van der Waals surface area (Å²) in [5.74, 6) is 1.00. The van der Waals surface area contributed by atoms with E-state index in [1.807, 2.05) is 24.4 Å². The number of nitrogens with zero attached hydrogens (tertiary/aromatic N) is 2. The van der Waals surface area contributed by atoms with Crippen molar-refractivity contribution in [2.24, 2.45) is 0 Å². The summed E-state index contributed by atoms with van der Waals surface area (Å²) in [6.45, 7) is 2.25. The Labute approximate surface area is 103 Å². The molecule has 1 N–H and O–H groups in total. The van der Waals surface area contributed by atoms with Gasteiger partial charge in [-0.2, -0.15) is 4.98 Å². The van der Waals surface area contributed by atoms with E-state index < -0.39 is 0 Å². The number of rotatable bonds is 5. The van der Waals surface area contributed by atoms with Gasteiger partial charge in [0.05, 0.1) is 11.4 Å². The Morgan fingerprint density at radius 2 is 2.47 bits per heavy atom. The van der Waals surface area contributed by atoms with E-state index >= 15 is 0 Å². The van der Waals surface area contributed by atoms with Crippen LogP contribution in [0.5, 0.6) is 0 Å². The number of hydrogen-bond donors (Lipinski definition) is 1. The third kappa shape index (κ3) is 3.13. The van der Waals surface area contributed by atoms with Crippen molar-refractivity contribution in [3.63, 3.8) is 0 Å². The standard InChI is InChI=1S/C11H13N3O2S/c1-2-4-9(15)12-7-10-13-11(14-16-10)8-5-3-6-17-8/h3,5-6H,2,4,7H2,1H3,(H,12,15). The molecule has 2 aromatic heterocycles. The Morgan fingerprint density at radius 3 is 3.18 bits per heavy atom. The number of carbonyl (C=O) groups is 1. The smallest absolute Gasteiger partial charge is 0.246 e. The zero-order chi connectivity index (χ0) is 12.1. The molecule has 2 aromatic rings. The van der Waals surface area contributed by atoms with Crippen LogP contribution in [0.3, 0.4) is 0 Å². The molecule has 5 nitrogen and oxygen atoms in total. The molecule has 0 aliphatic carbocycles. The molecule has 1 amide bonds. The molecule has 0 spiro atoms. The molecular formula is C11H13N3O2S. The summed E-state index contributed by atoms with van der Waals surface area (Å²) in [5, 5.41) is 8.54. The predicted octanol–water partition coefficient (Wildman–Crippen LogP) is 2.21. The van der Waals surface area contributed by atoms with Crippen LogP contribution < -0.4 is 5.32 Å². The Bertz CT molecular complexity index is 479. The van der Waals surface area contributed by atoms with Crippen LogP contribution in [0.2, 0.25) is 0 Å². The molecule has 90 valence electrons. The highest BCUT2D eigenvalue weighted by atomic mass is 32.1. The minimum absolute atomic E-state index is 0.00312. The van der Waals surface area contributed by atoms with E-state index in [9.17, 15) is 4.79 Å². The quantitative estimate of drug-likeness (QED) is 0.884. The Balaban J connectivity index is 1.93. The first kappa shape index (κ1) is 11.8. The summed E-state index contributed by atoms with van der Waals surface area (Å²) in [7, 11) is 0. The maximum absolute atomic E-state index is 11.3. The van der Waals surface area contributed by atoms with Gasteiger partial charge in [-0.05, 0) is 17.9 Å². The molecule has 0 aliphatic heterocycles. The lowest BCUT2D eigenvalue weighted by Gasteiger charge is -1.98. The van der Waals surface area contributed by atoms with Gasteiger partial charge in [0, 0.05) is 6.42 Å². The average Bonchev–Trinajstić information content (AvgIpc) is 2.97. The minimum atomic E-state index is 0.00312. The van der Waals surface area contributed by atoms with E-state index in [4.69, 9.17) is 4.52 Å². The van der Waals surface area contributed by atoms with Gasteiger partial charge in [-0.25, -0.2) is 0 Å². The maximum atomic E-state index is 11.3. The molecular weight excluding hydrogens is 238 g/mol. The Morgan fingerprint density at radius 1 is 1.59 bits per heavy atom. The number of thiophene rings is 1. The predicted molar refractivity (Wildman–Crippen MR) is 64.4 cm³/mol. The van der Waals surface area contributed by atoms with Gasteiger partial charge in [0.25, 0.3) is 0 Å². The molecule has 0 radical (unpaired) electrons. The van der Waals surface area contributed by atoms with Crippen molar-refractivity contribution in [2.75, 3.05) is 0 Å². The third-order valence-corrected chi connectivity index (χ3v) is 2.99. The highest BCUT2D eigenvalue weighted by molar-refractivity contribution is 7.13. The lowest BCUT2D eigenvalue weighted by Crippen LogP contribution is -2.22. The fourth-order valence-electron chi connectivity index (χ4n) is 1.32. The van der Waals surface area contributed by atoms with E-state index in [0.717, 1.165) is 11.3 Å². The monoisotopic (exact) mass is 251 g/mol. The highest BCUT2D eigenvalue weighted by Crippen LogP contribution is 2.21. The Hall–Kier alpha value is -1.69. The second-order valence-corrected chi connectivity index (χ2v) is 4.46. The van der Waals surface area contributed by atoms with Gasteiger partial charge in [0.2, 0.25) is 17.6 Å². The van der Waals surface area contributed by atoms with Gasteiger partial charge in [-0.3, -0.25) is 4.79 Å². The van der Waals surface area contributed by atoms with Gasteiger partial charge in [-0.15, -0.1) is 11.3 Å². The third-order valence-electron chi connectivity index (χ3n) is 2.12. The summed E-state index contributed by atoms with van der Waals surface area (Å²) in [6.07, 6.45) is 1.35. The summed E-state index contributed by atoms with van der Waals surface area (Å²) < 4.78 is 5.05. The zero-order valence-electron chi connectivity index (χ0n) is 9.47. The lowest BCUT2D eigenvalue weighted by molar-refractivity contribution is -0.121. The molecule has 0 saturated heterocycles. The average molecular weight is 251 g/mol. The van der Waals surface area contributed by atoms with Gasteiger partial charge < -0.3 is 9.84 Å². The molecule has 0 fully saturated rings. The summed E-state index contributed by atoms with van der Waals surface area (Å²) in [5.41, 5.74) is 0. The van der Waals surface area contributed by atoms with Crippen molar-refractivity contribution in [1.82, 2.24) is 15.5 Å². The first-order valence-corrected chi connectivity index (χ1v) is 6.30. The van der Waals surface area contributed by atoms with Gasteiger partial charge >= 0.3 is 0 Å². The molecule has 0 atom stereocenters. The molecule has 2 heterocycles. The number of carbonyl (C=O) groups excluding carboxylic acids is 1. The largest absolute Gasteiger partial charge is 0.347 e. The van der Waals surface area contributed by atoms with Crippen molar-refractivity contribution >= 4 is 17.2 Å².